The third-order valence-corrected chi connectivity index (χ3v) is 2.83. The van der Waals surface area contributed by atoms with Crippen LogP contribution in [0.15, 0.2) is 30.3 Å². The van der Waals surface area contributed by atoms with Crippen molar-refractivity contribution in [2.75, 3.05) is 18.5 Å². The molecule has 16 heavy (non-hydrogen) atoms. The zero-order valence-electron chi connectivity index (χ0n) is 9.79. The summed E-state index contributed by atoms with van der Waals surface area (Å²) >= 11 is 3.44. The second-order valence-electron chi connectivity index (χ2n) is 3.85. The maximum atomic E-state index is 5.60. The number of para-hydroxylation sites is 1. The molecule has 1 N–H and O–H groups in total. The molecule has 0 bridgehead atoms. The van der Waals surface area contributed by atoms with Crippen molar-refractivity contribution in [3.05, 3.63) is 30.3 Å². The van der Waals surface area contributed by atoms with Gasteiger partial charge in [-0.2, -0.15) is 0 Å². The molecule has 1 unspecified atom stereocenters. The number of ether oxygens (including phenoxy) is 1. The van der Waals surface area contributed by atoms with E-state index in [1.165, 1.54) is 6.42 Å². The van der Waals surface area contributed by atoms with E-state index in [1.807, 2.05) is 30.3 Å². The minimum absolute atomic E-state index is 0.580. The molecule has 1 rings (SSSR count). The zero-order valence-corrected chi connectivity index (χ0v) is 11.4. The van der Waals surface area contributed by atoms with Crippen LogP contribution in [0.5, 0.6) is 5.75 Å². The van der Waals surface area contributed by atoms with Crippen LogP contribution in [0.2, 0.25) is 0 Å². The Balaban J connectivity index is 2.00. The number of hydrogen-bond donors (Lipinski definition) is 1. The number of halogens is 1. The average molecular weight is 286 g/mol. The molecule has 0 aliphatic heterocycles. The molecule has 0 amide bonds. The molecule has 0 aliphatic carbocycles. The van der Waals surface area contributed by atoms with Crippen LogP contribution in [-0.2, 0) is 0 Å². The van der Waals surface area contributed by atoms with Crippen molar-refractivity contribution in [1.82, 2.24) is 5.32 Å². The van der Waals surface area contributed by atoms with E-state index >= 15 is 0 Å². The summed E-state index contributed by atoms with van der Waals surface area (Å²) in [6.07, 6.45) is 2.21. The van der Waals surface area contributed by atoms with Gasteiger partial charge in [0.1, 0.15) is 5.75 Å². The van der Waals surface area contributed by atoms with Gasteiger partial charge in [-0.05, 0) is 38.4 Å². The highest BCUT2D eigenvalue weighted by molar-refractivity contribution is 9.09. The molecule has 2 nitrogen and oxygen atoms in total. The lowest BCUT2D eigenvalue weighted by Crippen LogP contribution is -2.28. The van der Waals surface area contributed by atoms with Crippen LogP contribution in [0.4, 0.5) is 0 Å². The van der Waals surface area contributed by atoms with Crippen molar-refractivity contribution in [2.24, 2.45) is 0 Å². The van der Waals surface area contributed by atoms with Gasteiger partial charge in [0.2, 0.25) is 0 Å². The smallest absolute Gasteiger partial charge is 0.119 e. The second kappa shape index (κ2) is 8.59. The fourth-order valence-electron chi connectivity index (χ4n) is 1.39. The van der Waals surface area contributed by atoms with Crippen LogP contribution in [-0.4, -0.2) is 24.5 Å². The quantitative estimate of drug-likeness (QED) is 0.585. The molecule has 0 aliphatic rings. The molecule has 1 aromatic rings. The van der Waals surface area contributed by atoms with E-state index in [9.17, 15) is 0 Å². The Morgan fingerprint density at radius 2 is 2.06 bits per heavy atom. The third-order valence-electron chi connectivity index (χ3n) is 2.37. The molecule has 90 valence electrons. The summed E-state index contributed by atoms with van der Waals surface area (Å²) in [5.41, 5.74) is 0. The molecule has 0 radical (unpaired) electrons. The number of nitrogens with one attached hydrogen (secondary N) is 1. The van der Waals surface area contributed by atoms with Gasteiger partial charge in [-0.1, -0.05) is 34.1 Å². The molecule has 3 heteroatoms. The molecule has 0 spiro atoms. The zero-order chi connectivity index (χ0) is 11.6. The molecule has 0 heterocycles. The molecule has 1 atom stereocenters. The van der Waals surface area contributed by atoms with E-state index in [4.69, 9.17) is 4.74 Å². The SMILES string of the molecule is CC(CCBr)NCCCOc1ccccc1. The lowest BCUT2D eigenvalue weighted by atomic mass is 10.2. The van der Waals surface area contributed by atoms with Crippen LogP contribution in [0.1, 0.15) is 19.8 Å². The summed E-state index contributed by atoms with van der Waals surface area (Å²) in [6.45, 7) is 4.00. The highest BCUT2D eigenvalue weighted by atomic mass is 79.9. The number of rotatable bonds is 8. The minimum atomic E-state index is 0.580. The summed E-state index contributed by atoms with van der Waals surface area (Å²) in [5.74, 6) is 0.955. The summed E-state index contributed by atoms with van der Waals surface area (Å²) in [5, 5.41) is 4.52. The minimum Gasteiger partial charge on any atom is -0.494 e. The normalized spacial score (nSPS) is 12.4. The Hall–Kier alpha value is -0.540. The first-order valence-electron chi connectivity index (χ1n) is 5.80. The van der Waals surface area contributed by atoms with E-state index < -0.39 is 0 Å². The van der Waals surface area contributed by atoms with Gasteiger partial charge in [0.25, 0.3) is 0 Å². The number of benzene rings is 1. The van der Waals surface area contributed by atoms with Gasteiger partial charge in [-0.3, -0.25) is 0 Å². The van der Waals surface area contributed by atoms with Crippen molar-refractivity contribution in [3.63, 3.8) is 0 Å². The van der Waals surface area contributed by atoms with E-state index in [0.717, 1.165) is 30.7 Å². The Bertz CT molecular complexity index is 266. The van der Waals surface area contributed by atoms with Gasteiger partial charge in [0.15, 0.2) is 0 Å². The first kappa shape index (κ1) is 13.5. The van der Waals surface area contributed by atoms with Gasteiger partial charge in [-0.15, -0.1) is 0 Å². The predicted octanol–water partition coefficient (Wildman–Crippen LogP) is 3.22. The van der Waals surface area contributed by atoms with Gasteiger partial charge in [0.05, 0.1) is 6.61 Å². The van der Waals surface area contributed by atoms with Crippen molar-refractivity contribution >= 4 is 15.9 Å². The third kappa shape index (κ3) is 6.13. The Kier molecular flexibility index (Phi) is 7.26. The van der Waals surface area contributed by atoms with Crippen molar-refractivity contribution in [3.8, 4) is 5.75 Å². The first-order valence-corrected chi connectivity index (χ1v) is 6.92. The fourth-order valence-corrected chi connectivity index (χ4v) is 2.08. The average Bonchev–Trinajstić information content (AvgIpc) is 2.30. The largest absolute Gasteiger partial charge is 0.494 e. The highest BCUT2D eigenvalue weighted by Crippen LogP contribution is 2.08. The van der Waals surface area contributed by atoms with Crippen LogP contribution in [0.25, 0.3) is 0 Å². The fraction of sp³-hybridized carbons (Fsp3) is 0.538. The van der Waals surface area contributed by atoms with Gasteiger partial charge < -0.3 is 10.1 Å². The molecular weight excluding hydrogens is 266 g/mol. The van der Waals surface area contributed by atoms with E-state index in [1.54, 1.807) is 0 Å². The lowest BCUT2D eigenvalue weighted by Gasteiger charge is -2.12. The monoisotopic (exact) mass is 285 g/mol. The Morgan fingerprint density at radius 3 is 2.75 bits per heavy atom. The summed E-state index contributed by atoms with van der Waals surface area (Å²) in [4.78, 5) is 0. The van der Waals surface area contributed by atoms with Gasteiger partial charge >= 0.3 is 0 Å². The van der Waals surface area contributed by atoms with Crippen LogP contribution >= 0.6 is 15.9 Å². The van der Waals surface area contributed by atoms with Crippen molar-refractivity contribution in [1.29, 1.82) is 0 Å². The number of alkyl halides is 1. The van der Waals surface area contributed by atoms with Crippen LogP contribution < -0.4 is 10.1 Å². The van der Waals surface area contributed by atoms with Crippen molar-refractivity contribution in [2.45, 2.75) is 25.8 Å². The standard InChI is InChI=1S/C13H20BrNO/c1-12(8-9-14)15-10-5-11-16-13-6-3-2-4-7-13/h2-4,6-7,12,15H,5,8-11H2,1H3. The predicted molar refractivity (Wildman–Crippen MR) is 72.4 cm³/mol. The Morgan fingerprint density at radius 1 is 1.31 bits per heavy atom. The highest BCUT2D eigenvalue weighted by Gasteiger charge is 1.98. The molecule has 1 aromatic carbocycles. The maximum absolute atomic E-state index is 5.60. The van der Waals surface area contributed by atoms with Crippen molar-refractivity contribution < 1.29 is 4.74 Å². The molecule has 0 aromatic heterocycles. The Labute approximate surface area is 107 Å². The molecule has 0 fully saturated rings. The summed E-state index contributed by atoms with van der Waals surface area (Å²) in [7, 11) is 0. The molecular formula is C13H20BrNO. The summed E-state index contributed by atoms with van der Waals surface area (Å²) < 4.78 is 5.60. The second-order valence-corrected chi connectivity index (χ2v) is 4.64. The number of hydrogen-bond acceptors (Lipinski definition) is 2. The van der Waals surface area contributed by atoms with Gasteiger partial charge in [-0.25, -0.2) is 0 Å². The van der Waals surface area contributed by atoms with Crippen LogP contribution in [0.3, 0.4) is 0 Å². The lowest BCUT2D eigenvalue weighted by molar-refractivity contribution is 0.305. The molecule has 0 saturated carbocycles. The van der Waals surface area contributed by atoms with E-state index in [-0.39, 0.29) is 0 Å². The maximum Gasteiger partial charge on any atom is 0.119 e. The van der Waals surface area contributed by atoms with Crippen LogP contribution in [0, 0.1) is 0 Å². The summed E-state index contributed by atoms with van der Waals surface area (Å²) in [6, 6.07) is 10.5. The van der Waals surface area contributed by atoms with E-state index in [2.05, 4.69) is 28.2 Å². The van der Waals surface area contributed by atoms with E-state index in [0.29, 0.717) is 6.04 Å². The topological polar surface area (TPSA) is 21.3 Å². The molecule has 0 saturated heterocycles. The first-order chi connectivity index (χ1) is 7.83. The van der Waals surface area contributed by atoms with Gasteiger partial charge in [0, 0.05) is 11.4 Å².